The van der Waals surface area contributed by atoms with Gasteiger partial charge in [-0.15, -0.1) is 0 Å². The average molecular weight is 265 g/mol. The van der Waals surface area contributed by atoms with E-state index < -0.39 is 0 Å². The molecule has 0 saturated heterocycles. The van der Waals surface area contributed by atoms with Crippen LogP contribution in [0.5, 0.6) is 5.75 Å². The van der Waals surface area contributed by atoms with E-state index in [1.165, 1.54) is 5.56 Å². The average Bonchev–Trinajstić information content (AvgIpc) is 2.33. The minimum atomic E-state index is -0.268. The molecule has 1 aromatic rings. The van der Waals surface area contributed by atoms with Crippen molar-refractivity contribution in [3.63, 3.8) is 0 Å². The molecule has 1 aromatic carbocycles. The number of nitrogens with one attached hydrogen (secondary N) is 1. The topological polar surface area (TPSA) is 41.5 Å². The highest BCUT2D eigenvalue weighted by atomic mass is 16.5. The normalized spacial score (nSPS) is 13.3. The Morgan fingerprint density at radius 1 is 1.21 bits per heavy atom. The molecular formula is C16H27NO2. The summed E-state index contributed by atoms with van der Waals surface area (Å²) in [5.74, 6) is 0.886. The van der Waals surface area contributed by atoms with Gasteiger partial charge in [-0.05, 0) is 42.5 Å². The van der Waals surface area contributed by atoms with Crippen LogP contribution in [0, 0.1) is 5.41 Å². The maximum absolute atomic E-state index is 9.87. The van der Waals surface area contributed by atoms with E-state index in [4.69, 9.17) is 4.74 Å². The largest absolute Gasteiger partial charge is 0.497 e. The van der Waals surface area contributed by atoms with E-state index in [0.29, 0.717) is 6.54 Å². The molecule has 1 atom stereocenters. The van der Waals surface area contributed by atoms with E-state index in [1.54, 1.807) is 7.11 Å². The monoisotopic (exact) mass is 265 g/mol. The highest BCUT2D eigenvalue weighted by Crippen LogP contribution is 2.20. The van der Waals surface area contributed by atoms with Crippen LogP contribution < -0.4 is 10.1 Å². The van der Waals surface area contributed by atoms with Crippen LogP contribution in [0.3, 0.4) is 0 Å². The SMILES string of the molecule is COc1ccc(CCNCC(O)CC(C)(C)C)cc1. The Kier molecular flexibility index (Phi) is 6.32. The predicted octanol–water partition coefficient (Wildman–Crippen LogP) is 2.62. The highest BCUT2D eigenvalue weighted by Gasteiger charge is 2.15. The van der Waals surface area contributed by atoms with Gasteiger partial charge in [-0.25, -0.2) is 0 Å². The van der Waals surface area contributed by atoms with Gasteiger partial charge in [0.1, 0.15) is 5.75 Å². The lowest BCUT2D eigenvalue weighted by atomic mass is 9.89. The molecule has 0 fully saturated rings. The van der Waals surface area contributed by atoms with E-state index in [2.05, 4.69) is 38.2 Å². The molecule has 108 valence electrons. The Morgan fingerprint density at radius 2 is 1.84 bits per heavy atom. The van der Waals surface area contributed by atoms with Gasteiger partial charge in [0, 0.05) is 6.54 Å². The Hall–Kier alpha value is -1.06. The van der Waals surface area contributed by atoms with Gasteiger partial charge in [0.15, 0.2) is 0 Å². The third-order valence-electron chi connectivity index (χ3n) is 2.98. The summed E-state index contributed by atoms with van der Waals surface area (Å²) < 4.78 is 5.12. The second-order valence-electron chi connectivity index (χ2n) is 6.22. The van der Waals surface area contributed by atoms with Crippen LogP contribution >= 0.6 is 0 Å². The van der Waals surface area contributed by atoms with Gasteiger partial charge in [0.2, 0.25) is 0 Å². The van der Waals surface area contributed by atoms with Crippen molar-refractivity contribution in [1.82, 2.24) is 5.32 Å². The van der Waals surface area contributed by atoms with Crippen LogP contribution in [0.4, 0.5) is 0 Å². The van der Waals surface area contributed by atoms with Crippen molar-refractivity contribution in [1.29, 1.82) is 0 Å². The van der Waals surface area contributed by atoms with Gasteiger partial charge >= 0.3 is 0 Å². The zero-order valence-electron chi connectivity index (χ0n) is 12.6. The molecule has 1 rings (SSSR count). The fourth-order valence-electron chi connectivity index (χ4n) is 2.07. The van der Waals surface area contributed by atoms with Crippen molar-refractivity contribution in [2.24, 2.45) is 5.41 Å². The summed E-state index contributed by atoms with van der Waals surface area (Å²) >= 11 is 0. The molecule has 0 saturated carbocycles. The first-order valence-electron chi connectivity index (χ1n) is 6.92. The summed E-state index contributed by atoms with van der Waals surface area (Å²) in [7, 11) is 1.67. The molecule has 0 bridgehead atoms. The van der Waals surface area contributed by atoms with Gasteiger partial charge in [-0.3, -0.25) is 0 Å². The van der Waals surface area contributed by atoms with Crippen LogP contribution in [0.2, 0.25) is 0 Å². The molecule has 19 heavy (non-hydrogen) atoms. The molecular weight excluding hydrogens is 238 g/mol. The number of hydrogen-bond donors (Lipinski definition) is 2. The summed E-state index contributed by atoms with van der Waals surface area (Å²) in [5.41, 5.74) is 1.45. The van der Waals surface area contributed by atoms with Crippen LogP contribution in [0.1, 0.15) is 32.8 Å². The molecule has 0 spiro atoms. The summed E-state index contributed by atoms with van der Waals surface area (Å²) in [4.78, 5) is 0. The van der Waals surface area contributed by atoms with Crippen molar-refractivity contribution in [2.45, 2.75) is 39.7 Å². The maximum atomic E-state index is 9.87. The second kappa shape index (κ2) is 7.51. The Morgan fingerprint density at radius 3 is 2.37 bits per heavy atom. The lowest BCUT2D eigenvalue weighted by Gasteiger charge is -2.22. The van der Waals surface area contributed by atoms with Gasteiger partial charge in [-0.2, -0.15) is 0 Å². The van der Waals surface area contributed by atoms with Gasteiger partial charge in [-0.1, -0.05) is 32.9 Å². The molecule has 0 aromatic heterocycles. The quantitative estimate of drug-likeness (QED) is 0.745. The number of benzene rings is 1. The van der Waals surface area contributed by atoms with E-state index >= 15 is 0 Å². The lowest BCUT2D eigenvalue weighted by molar-refractivity contribution is 0.120. The van der Waals surface area contributed by atoms with Gasteiger partial charge < -0.3 is 15.2 Å². The lowest BCUT2D eigenvalue weighted by Crippen LogP contribution is -2.31. The van der Waals surface area contributed by atoms with E-state index in [-0.39, 0.29) is 11.5 Å². The molecule has 0 amide bonds. The molecule has 3 heteroatoms. The third kappa shape index (κ3) is 7.19. The number of rotatable bonds is 7. The Bertz CT molecular complexity index is 354. The van der Waals surface area contributed by atoms with Crippen molar-refractivity contribution < 1.29 is 9.84 Å². The predicted molar refractivity (Wildman–Crippen MR) is 79.6 cm³/mol. The fraction of sp³-hybridized carbons (Fsp3) is 0.625. The molecule has 3 nitrogen and oxygen atoms in total. The van der Waals surface area contributed by atoms with Crippen LogP contribution in [-0.4, -0.2) is 31.4 Å². The molecule has 0 radical (unpaired) electrons. The van der Waals surface area contributed by atoms with E-state index in [9.17, 15) is 5.11 Å². The Balaban J connectivity index is 2.19. The van der Waals surface area contributed by atoms with E-state index in [0.717, 1.165) is 25.1 Å². The number of hydrogen-bond acceptors (Lipinski definition) is 3. The first kappa shape index (κ1) is 16.0. The summed E-state index contributed by atoms with van der Waals surface area (Å²) in [6.07, 6.45) is 1.52. The van der Waals surface area contributed by atoms with Crippen LogP contribution in [0.25, 0.3) is 0 Å². The zero-order chi connectivity index (χ0) is 14.3. The smallest absolute Gasteiger partial charge is 0.118 e. The van der Waals surface area contributed by atoms with Gasteiger partial charge in [0.05, 0.1) is 13.2 Å². The fourth-order valence-corrected chi connectivity index (χ4v) is 2.07. The molecule has 1 unspecified atom stereocenters. The molecule has 0 aliphatic heterocycles. The number of aliphatic hydroxyl groups excluding tert-OH is 1. The molecule has 0 aliphatic carbocycles. The van der Waals surface area contributed by atoms with Crippen LogP contribution in [0.15, 0.2) is 24.3 Å². The first-order valence-corrected chi connectivity index (χ1v) is 6.92. The summed E-state index contributed by atoms with van der Waals surface area (Å²) in [6.45, 7) is 7.98. The van der Waals surface area contributed by atoms with E-state index in [1.807, 2.05) is 12.1 Å². The first-order chi connectivity index (χ1) is 8.90. The number of aliphatic hydroxyl groups is 1. The van der Waals surface area contributed by atoms with Gasteiger partial charge in [0.25, 0.3) is 0 Å². The minimum Gasteiger partial charge on any atom is -0.497 e. The Labute approximate surface area is 117 Å². The van der Waals surface area contributed by atoms with Crippen molar-refractivity contribution in [3.8, 4) is 5.75 Å². The molecule has 2 N–H and O–H groups in total. The molecule has 0 aliphatic rings. The summed E-state index contributed by atoms with van der Waals surface area (Å²) in [5, 5.41) is 13.2. The standard InChI is InChI=1S/C16H27NO2/c1-16(2,3)11-14(18)12-17-10-9-13-5-7-15(19-4)8-6-13/h5-8,14,17-18H,9-12H2,1-4H3. The number of ether oxygens (including phenoxy) is 1. The van der Waals surface area contributed by atoms with Crippen molar-refractivity contribution in [3.05, 3.63) is 29.8 Å². The minimum absolute atomic E-state index is 0.178. The van der Waals surface area contributed by atoms with Crippen molar-refractivity contribution in [2.75, 3.05) is 20.2 Å². The molecule has 0 heterocycles. The third-order valence-corrected chi connectivity index (χ3v) is 2.98. The number of methoxy groups -OCH3 is 1. The van der Waals surface area contributed by atoms with Crippen molar-refractivity contribution >= 4 is 0 Å². The highest BCUT2D eigenvalue weighted by molar-refractivity contribution is 5.27. The van der Waals surface area contributed by atoms with Crippen LogP contribution in [-0.2, 0) is 6.42 Å². The summed E-state index contributed by atoms with van der Waals surface area (Å²) in [6, 6.07) is 8.10. The zero-order valence-corrected chi connectivity index (χ0v) is 12.6. The second-order valence-corrected chi connectivity index (χ2v) is 6.22. The maximum Gasteiger partial charge on any atom is 0.118 e.